The van der Waals surface area contributed by atoms with Gasteiger partial charge in [-0.25, -0.2) is 9.78 Å². The van der Waals surface area contributed by atoms with Crippen molar-refractivity contribution in [2.75, 3.05) is 52.5 Å². The Bertz CT molecular complexity index is 1220. The van der Waals surface area contributed by atoms with Crippen molar-refractivity contribution < 1.29 is 19.1 Å². The van der Waals surface area contributed by atoms with E-state index in [4.69, 9.17) is 14.5 Å². The monoisotopic (exact) mass is 549 g/mol. The predicted octanol–water partition coefficient (Wildman–Crippen LogP) is 2.84. The van der Waals surface area contributed by atoms with Crippen LogP contribution in [-0.2, 0) is 17.7 Å². The number of fused-ring (bicyclic) bond motifs is 2. The Morgan fingerprint density at radius 3 is 2.40 bits per heavy atom. The fourth-order valence-electron chi connectivity index (χ4n) is 6.78. The molecule has 11 heteroatoms. The van der Waals surface area contributed by atoms with Crippen molar-refractivity contribution in [2.24, 2.45) is 17.8 Å². The average molecular weight is 550 g/mol. The fraction of sp³-hybridized carbons (Fsp3) is 0.690. The number of aromatic nitrogens is 4. The molecule has 5 aliphatic rings. The van der Waals surface area contributed by atoms with Gasteiger partial charge in [-0.05, 0) is 62.3 Å². The van der Waals surface area contributed by atoms with Gasteiger partial charge in [-0.2, -0.15) is 15.4 Å². The third-order valence-electron chi connectivity index (χ3n) is 9.48. The van der Waals surface area contributed by atoms with Crippen molar-refractivity contribution in [3.8, 4) is 5.88 Å². The minimum Gasteiger partial charge on any atom is -0.477 e. The van der Waals surface area contributed by atoms with Crippen LogP contribution in [0.2, 0.25) is 0 Å². The first-order chi connectivity index (χ1) is 19.6. The summed E-state index contributed by atoms with van der Waals surface area (Å²) < 4.78 is 11.6. The van der Waals surface area contributed by atoms with E-state index >= 15 is 0 Å². The first-order valence-corrected chi connectivity index (χ1v) is 15.0. The maximum atomic E-state index is 13.7. The standard InChI is InChI=1S/C29H39N7O4/c37-28(23-13-25(20-1-2-20)30-27(14-23)40-18-19-6-11-39-12-7-19)34-8-3-21-15-36(16-22(21)4-9-34)29(38)35-10-5-24-26(17-35)32-33-31-24/h13-14,19-22H,1-12,15-18H2,(H,31,32,33). The molecule has 6 heterocycles. The Morgan fingerprint density at radius 2 is 1.65 bits per heavy atom. The van der Waals surface area contributed by atoms with Crippen LogP contribution in [0.25, 0.3) is 0 Å². The third-order valence-corrected chi connectivity index (χ3v) is 9.48. The molecule has 0 spiro atoms. The lowest BCUT2D eigenvalue weighted by Gasteiger charge is -2.30. The topological polar surface area (TPSA) is 117 Å². The summed E-state index contributed by atoms with van der Waals surface area (Å²) >= 11 is 0. The number of pyridine rings is 1. The fourth-order valence-corrected chi connectivity index (χ4v) is 6.78. The van der Waals surface area contributed by atoms with Crippen molar-refractivity contribution in [1.82, 2.24) is 35.1 Å². The Labute approximate surface area is 234 Å². The van der Waals surface area contributed by atoms with Gasteiger partial charge in [0.15, 0.2) is 0 Å². The molecule has 2 unspecified atom stereocenters. The van der Waals surface area contributed by atoms with Gasteiger partial charge in [0, 0.05) is 75.6 Å². The normalized spacial score (nSPS) is 25.4. The molecule has 2 atom stereocenters. The number of amides is 3. The van der Waals surface area contributed by atoms with Gasteiger partial charge in [-0.3, -0.25) is 4.79 Å². The molecule has 0 radical (unpaired) electrons. The first-order valence-electron chi connectivity index (χ1n) is 15.0. The van der Waals surface area contributed by atoms with Crippen LogP contribution in [0.1, 0.15) is 71.9 Å². The molecule has 3 amide bonds. The van der Waals surface area contributed by atoms with E-state index in [0.717, 1.165) is 88.3 Å². The number of carbonyl (C=O) groups excluding carboxylic acids is 2. The molecule has 0 bridgehead atoms. The van der Waals surface area contributed by atoms with Gasteiger partial charge in [0.25, 0.3) is 5.91 Å². The molecule has 2 aromatic rings. The summed E-state index contributed by atoms with van der Waals surface area (Å²) in [4.78, 5) is 37.7. The lowest BCUT2D eigenvalue weighted by Crippen LogP contribution is -2.45. The van der Waals surface area contributed by atoms with Gasteiger partial charge in [-0.1, -0.05) is 0 Å². The second kappa shape index (κ2) is 11.0. The number of nitrogens with zero attached hydrogens (tertiary/aromatic N) is 6. The van der Waals surface area contributed by atoms with Gasteiger partial charge in [0.2, 0.25) is 5.88 Å². The molecule has 4 fully saturated rings. The number of likely N-dealkylation sites (tertiary alicyclic amines) is 2. The van der Waals surface area contributed by atoms with Crippen LogP contribution in [-0.4, -0.2) is 99.6 Å². The quantitative estimate of drug-likeness (QED) is 0.610. The highest BCUT2D eigenvalue weighted by Gasteiger charge is 2.40. The van der Waals surface area contributed by atoms with Crippen molar-refractivity contribution in [3.63, 3.8) is 0 Å². The third kappa shape index (κ3) is 5.40. The van der Waals surface area contributed by atoms with Gasteiger partial charge in [0.05, 0.1) is 18.8 Å². The lowest BCUT2D eigenvalue weighted by molar-refractivity contribution is 0.0490. The molecule has 2 aromatic heterocycles. The van der Waals surface area contributed by atoms with Crippen molar-refractivity contribution >= 4 is 11.9 Å². The lowest BCUT2D eigenvalue weighted by atomic mass is 9.92. The summed E-state index contributed by atoms with van der Waals surface area (Å²) in [6.07, 6.45) is 6.85. The molecule has 214 valence electrons. The van der Waals surface area contributed by atoms with E-state index in [1.54, 1.807) is 0 Å². The SMILES string of the molecule is O=C(c1cc(OCC2CCOCC2)nc(C2CC2)c1)N1CCC2CN(C(=O)N3CCc4n[nH]nc4C3)CC2CC1. The van der Waals surface area contributed by atoms with Crippen molar-refractivity contribution in [1.29, 1.82) is 0 Å². The van der Waals surface area contributed by atoms with Crippen LogP contribution >= 0.6 is 0 Å². The Balaban J connectivity index is 0.969. The summed E-state index contributed by atoms with van der Waals surface area (Å²) in [5.74, 6) is 2.42. The number of carbonyl (C=O) groups is 2. The van der Waals surface area contributed by atoms with Gasteiger partial charge in [-0.15, -0.1) is 0 Å². The largest absolute Gasteiger partial charge is 0.477 e. The van der Waals surface area contributed by atoms with Gasteiger partial charge < -0.3 is 24.2 Å². The van der Waals surface area contributed by atoms with E-state index < -0.39 is 0 Å². The Hall–Kier alpha value is -3.21. The minimum atomic E-state index is 0.0739. The van der Waals surface area contributed by atoms with Crippen LogP contribution in [0, 0.1) is 17.8 Å². The summed E-state index contributed by atoms with van der Waals surface area (Å²) in [5.41, 5.74) is 3.53. The zero-order valence-corrected chi connectivity index (χ0v) is 23.1. The number of hydrogen-bond acceptors (Lipinski definition) is 7. The van der Waals surface area contributed by atoms with E-state index in [9.17, 15) is 9.59 Å². The Morgan fingerprint density at radius 1 is 0.900 bits per heavy atom. The highest BCUT2D eigenvalue weighted by atomic mass is 16.5. The zero-order valence-electron chi connectivity index (χ0n) is 23.1. The predicted molar refractivity (Wildman–Crippen MR) is 145 cm³/mol. The average Bonchev–Trinajstić information content (AvgIpc) is 3.66. The molecular weight excluding hydrogens is 510 g/mol. The number of ether oxygens (including phenoxy) is 2. The first kappa shape index (κ1) is 25.7. The maximum absolute atomic E-state index is 13.7. The summed E-state index contributed by atoms with van der Waals surface area (Å²) in [6, 6.07) is 3.94. The molecule has 0 aromatic carbocycles. The van der Waals surface area contributed by atoms with Crippen LogP contribution in [0.15, 0.2) is 12.1 Å². The second-order valence-electron chi connectivity index (χ2n) is 12.2. The van der Waals surface area contributed by atoms with Crippen LogP contribution in [0.3, 0.4) is 0 Å². The van der Waals surface area contributed by atoms with Gasteiger partial charge >= 0.3 is 6.03 Å². The number of aromatic amines is 1. The number of H-pyrrole nitrogens is 1. The van der Waals surface area contributed by atoms with E-state index in [-0.39, 0.29) is 11.9 Å². The number of hydrogen-bond donors (Lipinski definition) is 1. The summed E-state index contributed by atoms with van der Waals surface area (Å²) in [5, 5.41) is 11.1. The van der Waals surface area contributed by atoms with Crippen LogP contribution < -0.4 is 4.74 Å². The van der Waals surface area contributed by atoms with Crippen LogP contribution in [0.5, 0.6) is 5.88 Å². The zero-order chi connectivity index (χ0) is 27.1. The molecule has 4 aliphatic heterocycles. The highest BCUT2D eigenvalue weighted by Crippen LogP contribution is 2.40. The number of nitrogens with one attached hydrogen (secondary N) is 1. The number of rotatable bonds is 5. The van der Waals surface area contributed by atoms with Gasteiger partial charge in [0.1, 0.15) is 5.69 Å². The molecule has 40 heavy (non-hydrogen) atoms. The van der Waals surface area contributed by atoms with Crippen LogP contribution in [0.4, 0.5) is 4.79 Å². The van der Waals surface area contributed by atoms with E-state index in [1.807, 2.05) is 26.8 Å². The summed E-state index contributed by atoms with van der Waals surface area (Å²) in [7, 11) is 0. The van der Waals surface area contributed by atoms with E-state index in [0.29, 0.717) is 67.9 Å². The molecule has 1 aliphatic carbocycles. The highest BCUT2D eigenvalue weighted by molar-refractivity contribution is 5.94. The number of urea groups is 1. The van der Waals surface area contributed by atoms with E-state index in [2.05, 4.69) is 15.4 Å². The van der Waals surface area contributed by atoms with Crippen molar-refractivity contribution in [3.05, 3.63) is 34.8 Å². The van der Waals surface area contributed by atoms with E-state index in [1.165, 1.54) is 0 Å². The molecule has 7 rings (SSSR count). The molecule has 1 saturated carbocycles. The smallest absolute Gasteiger partial charge is 0.320 e. The molecular formula is C29H39N7O4. The minimum absolute atomic E-state index is 0.0739. The van der Waals surface area contributed by atoms with Crippen molar-refractivity contribution in [2.45, 2.75) is 57.4 Å². The molecule has 1 N–H and O–H groups in total. The molecule has 3 saturated heterocycles. The second-order valence-corrected chi connectivity index (χ2v) is 12.2. The maximum Gasteiger partial charge on any atom is 0.320 e. The molecule has 11 nitrogen and oxygen atoms in total. The Kier molecular flexibility index (Phi) is 7.07. The summed E-state index contributed by atoms with van der Waals surface area (Å²) in [6.45, 7) is 6.36.